The molecule has 112 valence electrons. The molecule has 1 aliphatic rings. The van der Waals surface area contributed by atoms with Gasteiger partial charge in [0.25, 0.3) is 0 Å². The number of nitrogens with two attached hydrogens (primary N) is 1. The van der Waals surface area contributed by atoms with Crippen molar-refractivity contribution in [3.05, 3.63) is 17.0 Å². The number of rotatable bonds is 4. The van der Waals surface area contributed by atoms with E-state index in [4.69, 9.17) is 5.73 Å². The van der Waals surface area contributed by atoms with Crippen molar-refractivity contribution < 1.29 is 4.79 Å². The van der Waals surface area contributed by atoms with Gasteiger partial charge in [-0.1, -0.05) is 6.92 Å². The highest BCUT2D eigenvalue weighted by atomic mass is 16.1. The molecular formula is C15H26N4O. The first-order valence-electron chi connectivity index (χ1n) is 7.48. The Hall–Kier alpha value is -1.36. The smallest absolute Gasteiger partial charge is 0.237 e. The normalized spacial score (nSPS) is 26.7. The summed E-state index contributed by atoms with van der Waals surface area (Å²) in [7, 11) is 0. The van der Waals surface area contributed by atoms with Gasteiger partial charge < -0.3 is 11.1 Å². The third-order valence-electron chi connectivity index (χ3n) is 4.74. The second-order valence-corrected chi connectivity index (χ2v) is 5.97. The Kier molecular flexibility index (Phi) is 4.18. The van der Waals surface area contributed by atoms with Crippen molar-refractivity contribution in [3.63, 3.8) is 0 Å². The minimum Gasteiger partial charge on any atom is -0.368 e. The van der Waals surface area contributed by atoms with E-state index in [1.165, 1.54) is 11.3 Å². The summed E-state index contributed by atoms with van der Waals surface area (Å²) in [4.78, 5) is 11.9. The number of likely N-dealkylation sites (N-methyl/N-ethyl adjacent to an activating group) is 1. The van der Waals surface area contributed by atoms with E-state index in [1.54, 1.807) is 0 Å². The maximum atomic E-state index is 11.9. The summed E-state index contributed by atoms with van der Waals surface area (Å²) in [5.41, 5.74) is 8.61. The molecule has 0 saturated heterocycles. The Bertz CT molecular complexity index is 504. The minimum absolute atomic E-state index is 0.234. The Morgan fingerprint density at radius 2 is 2.20 bits per heavy atom. The Morgan fingerprint density at radius 1 is 1.50 bits per heavy atom. The van der Waals surface area contributed by atoms with Crippen molar-refractivity contribution >= 4 is 5.91 Å². The lowest BCUT2D eigenvalue weighted by Gasteiger charge is -2.39. The van der Waals surface area contributed by atoms with Gasteiger partial charge in [-0.25, -0.2) is 0 Å². The highest BCUT2D eigenvalue weighted by Gasteiger charge is 2.41. The molecular weight excluding hydrogens is 252 g/mol. The van der Waals surface area contributed by atoms with Gasteiger partial charge in [0.05, 0.1) is 17.3 Å². The van der Waals surface area contributed by atoms with E-state index in [1.807, 2.05) is 13.8 Å². The number of carbonyl (C=O) groups excluding carboxylic acids is 1. The number of aromatic nitrogens is 2. The molecule has 1 aromatic heterocycles. The highest BCUT2D eigenvalue weighted by Crippen LogP contribution is 2.36. The molecule has 0 bridgehead atoms. The highest BCUT2D eigenvalue weighted by molar-refractivity contribution is 5.84. The summed E-state index contributed by atoms with van der Waals surface area (Å²) in [5, 5.41) is 7.98. The fourth-order valence-corrected chi connectivity index (χ4v) is 3.37. The zero-order chi connectivity index (χ0) is 14.9. The molecule has 2 atom stereocenters. The lowest BCUT2D eigenvalue weighted by Crippen LogP contribution is -2.58. The van der Waals surface area contributed by atoms with Gasteiger partial charge in [-0.2, -0.15) is 5.10 Å². The molecule has 0 spiro atoms. The molecule has 3 N–H and O–H groups in total. The van der Waals surface area contributed by atoms with E-state index in [9.17, 15) is 4.79 Å². The molecule has 0 radical (unpaired) electrons. The maximum absolute atomic E-state index is 11.9. The summed E-state index contributed by atoms with van der Waals surface area (Å²) in [5.74, 6) is -0.234. The molecule has 1 heterocycles. The second-order valence-electron chi connectivity index (χ2n) is 5.97. The van der Waals surface area contributed by atoms with Crippen LogP contribution in [0.5, 0.6) is 0 Å². The molecule has 0 aliphatic heterocycles. The zero-order valence-electron chi connectivity index (χ0n) is 13.0. The number of hydrogen-bond donors (Lipinski definition) is 2. The maximum Gasteiger partial charge on any atom is 0.237 e. The largest absolute Gasteiger partial charge is 0.368 e. The standard InChI is InChI=1S/C15H26N4O/c1-5-17-15(14(16)20)8-6-7-13(9-15)19-12(4)10(2)11(3)18-19/h13,17H,5-9H2,1-4H3,(H2,16,20). The number of nitrogens with one attached hydrogen (secondary N) is 1. The Balaban J connectivity index is 2.29. The van der Waals surface area contributed by atoms with E-state index < -0.39 is 5.54 Å². The summed E-state index contributed by atoms with van der Waals surface area (Å²) < 4.78 is 2.10. The monoisotopic (exact) mass is 278 g/mol. The number of nitrogens with zero attached hydrogens (tertiary/aromatic N) is 2. The van der Waals surface area contributed by atoms with Crippen molar-refractivity contribution in [3.8, 4) is 0 Å². The van der Waals surface area contributed by atoms with Gasteiger partial charge in [0.2, 0.25) is 5.91 Å². The first-order chi connectivity index (χ1) is 9.41. The summed E-state index contributed by atoms with van der Waals surface area (Å²) in [6.45, 7) is 9.01. The van der Waals surface area contributed by atoms with Crippen LogP contribution in [0.3, 0.4) is 0 Å². The van der Waals surface area contributed by atoms with Gasteiger partial charge in [-0.05, 0) is 58.6 Å². The average molecular weight is 278 g/mol. The zero-order valence-corrected chi connectivity index (χ0v) is 13.0. The van der Waals surface area contributed by atoms with Crippen molar-refractivity contribution in [1.82, 2.24) is 15.1 Å². The van der Waals surface area contributed by atoms with E-state index >= 15 is 0 Å². The van der Waals surface area contributed by atoms with Crippen LogP contribution in [0.2, 0.25) is 0 Å². The molecule has 20 heavy (non-hydrogen) atoms. The number of carbonyl (C=O) groups is 1. The molecule has 1 saturated carbocycles. The minimum atomic E-state index is -0.572. The fraction of sp³-hybridized carbons (Fsp3) is 0.733. The lowest BCUT2D eigenvalue weighted by molar-refractivity contribution is -0.126. The number of amides is 1. The van der Waals surface area contributed by atoms with Crippen molar-refractivity contribution in [2.45, 2.75) is 65.0 Å². The van der Waals surface area contributed by atoms with Crippen LogP contribution in [-0.2, 0) is 4.79 Å². The topological polar surface area (TPSA) is 72.9 Å². The molecule has 5 nitrogen and oxygen atoms in total. The van der Waals surface area contributed by atoms with E-state index in [-0.39, 0.29) is 11.9 Å². The van der Waals surface area contributed by atoms with Gasteiger partial charge in [0.15, 0.2) is 0 Å². The molecule has 2 rings (SSSR count). The molecule has 5 heteroatoms. The predicted octanol–water partition coefficient (Wildman–Crippen LogP) is 1.76. The third kappa shape index (κ3) is 2.46. The summed E-state index contributed by atoms with van der Waals surface area (Å²) in [6.07, 6.45) is 3.61. The van der Waals surface area contributed by atoms with Crippen LogP contribution in [0.4, 0.5) is 0 Å². The Morgan fingerprint density at radius 3 is 2.70 bits per heavy atom. The van der Waals surface area contributed by atoms with Crippen molar-refractivity contribution in [2.24, 2.45) is 5.73 Å². The predicted molar refractivity (Wildman–Crippen MR) is 79.5 cm³/mol. The average Bonchev–Trinajstić information content (AvgIpc) is 2.67. The van der Waals surface area contributed by atoms with Crippen LogP contribution in [0.15, 0.2) is 0 Å². The quantitative estimate of drug-likeness (QED) is 0.881. The van der Waals surface area contributed by atoms with Gasteiger partial charge in [-0.15, -0.1) is 0 Å². The fourth-order valence-electron chi connectivity index (χ4n) is 3.37. The number of primary amides is 1. The van der Waals surface area contributed by atoms with Crippen molar-refractivity contribution in [2.75, 3.05) is 6.54 Å². The van der Waals surface area contributed by atoms with Gasteiger partial charge in [0, 0.05) is 5.69 Å². The second kappa shape index (κ2) is 5.56. The first-order valence-corrected chi connectivity index (χ1v) is 7.48. The number of aryl methyl sites for hydroxylation is 1. The Labute approximate surface area is 120 Å². The van der Waals surface area contributed by atoms with Crippen molar-refractivity contribution in [1.29, 1.82) is 0 Å². The van der Waals surface area contributed by atoms with Crippen LogP contribution in [-0.4, -0.2) is 27.8 Å². The van der Waals surface area contributed by atoms with E-state index in [2.05, 4.69) is 28.9 Å². The molecule has 1 aromatic rings. The lowest BCUT2D eigenvalue weighted by atomic mass is 9.78. The van der Waals surface area contributed by atoms with Crippen LogP contribution in [0.1, 0.15) is 55.6 Å². The van der Waals surface area contributed by atoms with E-state index in [0.717, 1.165) is 37.9 Å². The third-order valence-corrected chi connectivity index (χ3v) is 4.74. The van der Waals surface area contributed by atoms with Gasteiger partial charge in [0.1, 0.15) is 0 Å². The van der Waals surface area contributed by atoms with Gasteiger partial charge in [-0.3, -0.25) is 9.48 Å². The molecule has 0 aromatic carbocycles. The molecule has 2 unspecified atom stereocenters. The van der Waals surface area contributed by atoms with Crippen LogP contribution >= 0.6 is 0 Å². The SMILES string of the molecule is CCNC1(C(N)=O)CCCC(n2nc(C)c(C)c2C)C1. The van der Waals surface area contributed by atoms with Crippen LogP contribution < -0.4 is 11.1 Å². The first kappa shape index (κ1) is 15.0. The van der Waals surface area contributed by atoms with Gasteiger partial charge >= 0.3 is 0 Å². The molecule has 1 fully saturated rings. The van der Waals surface area contributed by atoms with Crippen LogP contribution in [0, 0.1) is 20.8 Å². The number of hydrogen-bond acceptors (Lipinski definition) is 3. The van der Waals surface area contributed by atoms with E-state index in [0.29, 0.717) is 0 Å². The molecule has 1 amide bonds. The van der Waals surface area contributed by atoms with Crippen LogP contribution in [0.25, 0.3) is 0 Å². The summed E-state index contributed by atoms with van der Waals surface area (Å²) in [6, 6.07) is 0.252. The molecule has 1 aliphatic carbocycles. The summed E-state index contributed by atoms with van der Waals surface area (Å²) >= 11 is 0.